The average Bonchev–Trinajstić information content (AvgIpc) is 2.36. The third-order valence-electron chi connectivity index (χ3n) is 2.39. The zero-order valence-corrected chi connectivity index (χ0v) is 11.2. The first-order valence-corrected chi connectivity index (χ1v) is 5.85. The predicted molar refractivity (Wildman–Crippen MR) is 71.1 cm³/mol. The zero-order valence-electron chi connectivity index (χ0n) is 10.4. The number of hydrogen-bond donors (Lipinski definition) is 2. The largest absolute Gasteiger partial charge is 0.495 e. The van der Waals surface area contributed by atoms with Crippen LogP contribution in [0.2, 0.25) is 5.02 Å². The summed E-state index contributed by atoms with van der Waals surface area (Å²) in [7, 11) is 3.09. The van der Waals surface area contributed by atoms with Gasteiger partial charge in [0.15, 0.2) is 0 Å². The number of carbonyl (C=O) groups excluding carboxylic acids is 1. The molecule has 1 atom stereocenters. The van der Waals surface area contributed by atoms with Crippen molar-refractivity contribution >= 4 is 23.2 Å². The van der Waals surface area contributed by atoms with Crippen LogP contribution in [0.25, 0.3) is 0 Å². The molecule has 0 fully saturated rings. The number of amides is 1. The standard InChI is InChI=1S/C12H17ClN2O3/c1-17-6-5-10(14)12(16)15-8-3-4-11(18-2)9(13)7-8/h3-4,7,10H,5-6,14H2,1-2H3,(H,15,16). The van der Waals surface area contributed by atoms with Crippen molar-refractivity contribution in [2.75, 3.05) is 26.1 Å². The molecule has 0 aliphatic carbocycles. The summed E-state index contributed by atoms with van der Waals surface area (Å²) in [5.74, 6) is 0.284. The summed E-state index contributed by atoms with van der Waals surface area (Å²) < 4.78 is 9.88. The molecule has 0 spiro atoms. The topological polar surface area (TPSA) is 73.6 Å². The molecule has 1 aromatic rings. The van der Waals surface area contributed by atoms with Crippen LogP contribution in [0, 0.1) is 0 Å². The Morgan fingerprint density at radius 2 is 2.22 bits per heavy atom. The molecule has 5 nitrogen and oxygen atoms in total. The first-order valence-electron chi connectivity index (χ1n) is 5.47. The van der Waals surface area contributed by atoms with Gasteiger partial charge in [-0.2, -0.15) is 0 Å². The van der Waals surface area contributed by atoms with E-state index in [2.05, 4.69) is 5.32 Å². The summed E-state index contributed by atoms with van der Waals surface area (Å²) in [6.45, 7) is 0.442. The maximum absolute atomic E-state index is 11.7. The van der Waals surface area contributed by atoms with Gasteiger partial charge in [-0.1, -0.05) is 11.6 Å². The van der Waals surface area contributed by atoms with E-state index in [9.17, 15) is 4.79 Å². The molecule has 0 aromatic heterocycles. The lowest BCUT2D eigenvalue weighted by Gasteiger charge is -2.12. The summed E-state index contributed by atoms with van der Waals surface area (Å²) >= 11 is 5.95. The highest BCUT2D eigenvalue weighted by Crippen LogP contribution is 2.27. The number of anilines is 1. The first kappa shape index (κ1) is 14.8. The van der Waals surface area contributed by atoms with E-state index in [0.29, 0.717) is 29.5 Å². The Labute approximate surface area is 111 Å². The quantitative estimate of drug-likeness (QED) is 0.826. The van der Waals surface area contributed by atoms with E-state index in [1.165, 1.54) is 7.11 Å². The number of rotatable bonds is 6. The molecular formula is C12H17ClN2O3. The number of ether oxygens (including phenoxy) is 2. The molecule has 0 bridgehead atoms. The summed E-state index contributed by atoms with van der Waals surface area (Å²) in [6, 6.07) is 4.39. The SMILES string of the molecule is COCCC(N)C(=O)Nc1ccc(OC)c(Cl)c1. The number of hydrogen-bond acceptors (Lipinski definition) is 4. The third-order valence-corrected chi connectivity index (χ3v) is 2.68. The second-order valence-electron chi connectivity index (χ2n) is 3.73. The van der Waals surface area contributed by atoms with Gasteiger partial charge in [0.25, 0.3) is 0 Å². The van der Waals surface area contributed by atoms with Crippen LogP contribution < -0.4 is 15.8 Å². The number of nitrogens with one attached hydrogen (secondary N) is 1. The Morgan fingerprint density at radius 3 is 2.78 bits per heavy atom. The van der Waals surface area contributed by atoms with Crippen molar-refractivity contribution in [2.45, 2.75) is 12.5 Å². The molecule has 0 aliphatic heterocycles. The Morgan fingerprint density at radius 1 is 1.50 bits per heavy atom. The summed E-state index contributed by atoms with van der Waals surface area (Å²) in [6.07, 6.45) is 0.465. The molecule has 0 saturated heterocycles. The van der Waals surface area contributed by atoms with Crippen molar-refractivity contribution in [3.05, 3.63) is 23.2 Å². The minimum Gasteiger partial charge on any atom is -0.495 e. The Kier molecular flexibility index (Phi) is 5.91. The predicted octanol–water partition coefficient (Wildman–Crippen LogP) is 1.65. The first-order chi connectivity index (χ1) is 8.58. The van der Waals surface area contributed by atoms with Crippen molar-refractivity contribution in [3.63, 3.8) is 0 Å². The Balaban J connectivity index is 2.61. The van der Waals surface area contributed by atoms with Gasteiger partial charge in [-0.05, 0) is 24.6 Å². The molecule has 1 aromatic carbocycles. The van der Waals surface area contributed by atoms with Crippen LogP contribution in [0.15, 0.2) is 18.2 Å². The van der Waals surface area contributed by atoms with E-state index < -0.39 is 6.04 Å². The van der Waals surface area contributed by atoms with Gasteiger partial charge in [-0.15, -0.1) is 0 Å². The van der Waals surface area contributed by atoms with Gasteiger partial charge in [0, 0.05) is 19.4 Å². The normalized spacial score (nSPS) is 12.0. The van der Waals surface area contributed by atoms with Crippen LogP contribution in [0.1, 0.15) is 6.42 Å². The molecule has 100 valence electrons. The van der Waals surface area contributed by atoms with Gasteiger partial charge in [-0.25, -0.2) is 0 Å². The van der Waals surface area contributed by atoms with Crippen LogP contribution in [-0.4, -0.2) is 32.8 Å². The molecule has 1 rings (SSSR count). The fourth-order valence-corrected chi connectivity index (χ4v) is 1.61. The number of carbonyl (C=O) groups is 1. The fraction of sp³-hybridized carbons (Fsp3) is 0.417. The Hall–Kier alpha value is -1.30. The van der Waals surface area contributed by atoms with E-state index >= 15 is 0 Å². The number of methoxy groups -OCH3 is 2. The van der Waals surface area contributed by atoms with Crippen molar-refractivity contribution in [1.29, 1.82) is 0 Å². The lowest BCUT2D eigenvalue weighted by molar-refractivity contribution is -0.117. The van der Waals surface area contributed by atoms with Crippen molar-refractivity contribution < 1.29 is 14.3 Å². The number of nitrogens with two attached hydrogens (primary N) is 1. The van der Waals surface area contributed by atoms with Crippen molar-refractivity contribution in [2.24, 2.45) is 5.73 Å². The fourth-order valence-electron chi connectivity index (χ4n) is 1.36. The zero-order chi connectivity index (χ0) is 13.5. The number of halogens is 1. The highest BCUT2D eigenvalue weighted by Gasteiger charge is 2.13. The average molecular weight is 273 g/mol. The maximum Gasteiger partial charge on any atom is 0.241 e. The smallest absolute Gasteiger partial charge is 0.241 e. The molecule has 0 aliphatic rings. The minimum atomic E-state index is -0.606. The van der Waals surface area contributed by atoms with E-state index in [-0.39, 0.29) is 5.91 Å². The molecule has 6 heteroatoms. The van der Waals surface area contributed by atoms with E-state index in [1.54, 1.807) is 25.3 Å². The third kappa shape index (κ3) is 4.18. The highest BCUT2D eigenvalue weighted by molar-refractivity contribution is 6.32. The molecule has 3 N–H and O–H groups in total. The molecular weight excluding hydrogens is 256 g/mol. The van der Waals surface area contributed by atoms with Crippen LogP contribution in [0.5, 0.6) is 5.75 Å². The van der Waals surface area contributed by atoms with Gasteiger partial charge >= 0.3 is 0 Å². The molecule has 1 amide bonds. The second kappa shape index (κ2) is 7.20. The molecule has 0 saturated carbocycles. The minimum absolute atomic E-state index is 0.270. The summed E-state index contributed by atoms with van der Waals surface area (Å²) in [5, 5.41) is 3.11. The molecule has 0 heterocycles. The Bertz CT molecular complexity index is 412. The van der Waals surface area contributed by atoms with E-state index in [4.69, 9.17) is 26.8 Å². The molecule has 18 heavy (non-hydrogen) atoms. The molecule has 1 unspecified atom stereocenters. The monoisotopic (exact) mass is 272 g/mol. The lowest BCUT2D eigenvalue weighted by atomic mass is 10.2. The maximum atomic E-state index is 11.7. The van der Waals surface area contributed by atoms with E-state index in [1.807, 2.05) is 0 Å². The van der Waals surface area contributed by atoms with Crippen LogP contribution >= 0.6 is 11.6 Å². The number of benzene rings is 1. The van der Waals surface area contributed by atoms with Gasteiger partial charge in [0.05, 0.1) is 18.2 Å². The highest BCUT2D eigenvalue weighted by atomic mass is 35.5. The lowest BCUT2D eigenvalue weighted by Crippen LogP contribution is -2.36. The van der Waals surface area contributed by atoms with Gasteiger partial charge in [0.1, 0.15) is 5.75 Å². The molecule has 0 radical (unpaired) electrons. The van der Waals surface area contributed by atoms with Gasteiger partial charge < -0.3 is 20.5 Å². The van der Waals surface area contributed by atoms with Crippen LogP contribution in [0.3, 0.4) is 0 Å². The van der Waals surface area contributed by atoms with Crippen molar-refractivity contribution in [1.82, 2.24) is 0 Å². The van der Waals surface area contributed by atoms with E-state index in [0.717, 1.165) is 0 Å². The summed E-state index contributed by atoms with van der Waals surface area (Å²) in [5.41, 5.74) is 6.28. The summed E-state index contributed by atoms with van der Waals surface area (Å²) in [4.78, 5) is 11.7. The van der Waals surface area contributed by atoms with Gasteiger partial charge in [0.2, 0.25) is 5.91 Å². The van der Waals surface area contributed by atoms with Crippen LogP contribution in [-0.2, 0) is 9.53 Å². The van der Waals surface area contributed by atoms with Crippen LogP contribution in [0.4, 0.5) is 5.69 Å². The second-order valence-corrected chi connectivity index (χ2v) is 4.13. The van der Waals surface area contributed by atoms with Gasteiger partial charge in [-0.3, -0.25) is 4.79 Å². The van der Waals surface area contributed by atoms with Crippen molar-refractivity contribution in [3.8, 4) is 5.75 Å².